The lowest BCUT2D eigenvalue weighted by atomic mass is 10.1. The molecule has 2 nitrogen and oxygen atoms in total. The molecule has 104 valence electrons. The summed E-state index contributed by atoms with van der Waals surface area (Å²) in [5, 5.41) is 0. The Hall–Kier alpha value is -1.15. The van der Waals surface area contributed by atoms with Gasteiger partial charge in [-0.15, -0.1) is 0 Å². The van der Waals surface area contributed by atoms with Gasteiger partial charge in [0.1, 0.15) is 0 Å². The molecule has 1 saturated carbocycles. The summed E-state index contributed by atoms with van der Waals surface area (Å²) in [5.41, 5.74) is 0.817. The maximum atomic E-state index is 11.9. The minimum absolute atomic E-state index is 0.227. The van der Waals surface area contributed by atoms with Crippen molar-refractivity contribution in [3.05, 3.63) is 35.9 Å². The number of carbonyl (C=O) groups excluding carboxylic acids is 1. The van der Waals surface area contributed by atoms with Gasteiger partial charge in [0.15, 0.2) is 5.78 Å². The van der Waals surface area contributed by atoms with Gasteiger partial charge in [-0.1, -0.05) is 56.0 Å². The van der Waals surface area contributed by atoms with E-state index in [9.17, 15) is 4.79 Å². The van der Waals surface area contributed by atoms with E-state index in [-0.39, 0.29) is 5.78 Å². The predicted molar refractivity (Wildman–Crippen MR) is 77.4 cm³/mol. The van der Waals surface area contributed by atoms with Gasteiger partial charge in [0, 0.05) is 18.6 Å². The minimum Gasteiger partial charge on any atom is -0.378 e. The summed E-state index contributed by atoms with van der Waals surface area (Å²) in [6, 6.07) is 9.53. The summed E-state index contributed by atoms with van der Waals surface area (Å²) < 4.78 is 5.90. The Morgan fingerprint density at radius 2 is 1.74 bits per heavy atom. The molecular weight excluding hydrogens is 236 g/mol. The van der Waals surface area contributed by atoms with Crippen LogP contribution in [0, 0.1) is 0 Å². The maximum Gasteiger partial charge on any atom is 0.162 e. The molecule has 0 aliphatic heterocycles. The largest absolute Gasteiger partial charge is 0.378 e. The number of Topliss-reactive ketones (excluding diaryl/α,β-unsaturated/α-hetero) is 1. The van der Waals surface area contributed by atoms with Gasteiger partial charge in [0.25, 0.3) is 0 Å². The molecule has 0 bridgehead atoms. The lowest BCUT2D eigenvalue weighted by Gasteiger charge is -2.14. The Kier molecular flexibility index (Phi) is 6.09. The quantitative estimate of drug-likeness (QED) is 0.431. The van der Waals surface area contributed by atoms with Gasteiger partial charge in [0.05, 0.1) is 6.10 Å². The average molecular weight is 260 g/mol. The van der Waals surface area contributed by atoms with Crippen molar-refractivity contribution >= 4 is 5.78 Å². The highest BCUT2D eigenvalue weighted by atomic mass is 16.5. The summed E-state index contributed by atoms with van der Waals surface area (Å²) in [6.45, 7) is 0.725. The van der Waals surface area contributed by atoms with Gasteiger partial charge in [-0.05, 0) is 19.3 Å². The van der Waals surface area contributed by atoms with Gasteiger partial charge in [-0.3, -0.25) is 4.79 Å². The van der Waals surface area contributed by atoms with Crippen LogP contribution in [-0.4, -0.2) is 18.5 Å². The normalized spacial score (nSPS) is 17.1. The molecule has 2 heteroatoms. The van der Waals surface area contributed by atoms with Crippen LogP contribution in [0.4, 0.5) is 0 Å². The molecule has 1 fully saturated rings. The van der Waals surface area contributed by atoms with E-state index in [2.05, 4.69) is 0 Å². The minimum atomic E-state index is 0.227. The number of hydrogen-bond donors (Lipinski definition) is 0. The van der Waals surface area contributed by atoms with Gasteiger partial charge in [-0.2, -0.15) is 0 Å². The zero-order valence-electron chi connectivity index (χ0n) is 11.6. The highest BCUT2D eigenvalue weighted by Crippen LogP contribution is 2.20. The Labute approximate surface area is 116 Å². The lowest BCUT2D eigenvalue weighted by molar-refractivity contribution is 0.0404. The zero-order valence-corrected chi connectivity index (χ0v) is 11.6. The molecule has 1 aromatic carbocycles. The molecule has 0 aromatic heterocycles. The summed E-state index contributed by atoms with van der Waals surface area (Å²) >= 11 is 0. The van der Waals surface area contributed by atoms with Crippen molar-refractivity contribution < 1.29 is 9.53 Å². The van der Waals surface area contributed by atoms with Crippen molar-refractivity contribution in [1.82, 2.24) is 0 Å². The molecule has 0 unspecified atom stereocenters. The van der Waals surface area contributed by atoms with E-state index >= 15 is 0 Å². The zero-order chi connectivity index (χ0) is 13.3. The van der Waals surface area contributed by atoms with E-state index in [0.29, 0.717) is 12.5 Å². The molecule has 1 aromatic rings. The van der Waals surface area contributed by atoms with Crippen LogP contribution in [-0.2, 0) is 4.74 Å². The number of benzene rings is 1. The van der Waals surface area contributed by atoms with Gasteiger partial charge < -0.3 is 4.74 Å². The Morgan fingerprint density at radius 3 is 2.42 bits per heavy atom. The van der Waals surface area contributed by atoms with Crippen LogP contribution < -0.4 is 0 Å². The van der Waals surface area contributed by atoms with Crippen LogP contribution in [0.25, 0.3) is 0 Å². The molecular formula is C17H24O2. The Morgan fingerprint density at radius 1 is 1.05 bits per heavy atom. The average Bonchev–Trinajstić information content (AvgIpc) is 2.73. The van der Waals surface area contributed by atoms with E-state index in [1.807, 2.05) is 30.3 Å². The molecule has 1 aliphatic rings. The standard InChI is InChI=1S/C17H24O2/c18-17(15-9-4-3-5-10-15)13-8-14-19-16-11-6-1-2-7-12-16/h3-5,9-10,16H,1-2,6-8,11-14H2. The van der Waals surface area contributed by atoms with Crippen molar-refractivity contribution in [2.24, 2.45) is 0 Å². The molecule has 0 saturated heterocycles. The van der Waals surface area contributed by atoms with Crippen molar-refractivity contribution in [1.29, 1.82) is 0 Å². The topological polar surface area (TPSA) is 26.3 Å². The van der Waals surface area contributed by atoms with Crippen LogP contribution in [0.15, 0.2) is 30.3 Å². The number of rotatable bonds is 6. The first kappa shape index (κ1) is 14.3. The molecule has 1 aliphatic carbocycles. The van der Waals surface area contributed by atoms with E-state index in [0.717, 1.165) is 18.6 Å². The van der Waals surface area contributed by atoms with E-state index in [1.165, 1.54) is 38.5 Å². The van der Waals surface area contributed by atoms with Gasteiger partial charge in [0.2, 0.25) is 0 Å². The molecule has 0 radical (unpaired) electrons. The first-order valence-electron chi connectivity index (χ1n) is 7.56. The highest BCUT2D eigenvalue weighted by molar-refractivity contribution is 5.95. The fraction of sp³-hybridized carbons (Fsp3) is 0.588. The Balaban J connectivity index is 1.62. The summed E-state index contributed by atoms with van der Waals surface area (Å²) in [6.07, 6.45) is 9.58. The second-order valence-corrected chi connectivity index (χ2v) is 5.38. The monoisotopic (exact) mass is 260 g/mol. The molecule has 0 heterocycles. The highest BCUT2D eigenvalue weighted by Gasteiger charge is 2.12. The molecule has 0 amide bonds. The fourth-order valence-electron chi connectivity index (χ4n) is 2.66. The van der Waals surface area contributed by atoms with Crippen LogP contribution in [0.3, 0.4) is 0 Å². The van der Waals surface area contributed by atoms with Gasteiger partial charge >= 0.3 is 0 Å². The van der Waals surface area contributed by atoms with Crippen molar-refractivity contribution in [2.75, 3.05) is 6.61 Å². The number of hydrogen-bond acceptors (Lipinski definition) is 2. The first-order chi connectivity index (χ1) is 9.36. The Bertz CT molecular complexity index is 364. The van der Waals surface area contributed by atoms with Crippen LogP contribution in [0.1, 0.15) is 61.7 Å². The smallest absolute Gasteiger partial charge is 0.162 e. The van der Waals surface area contributed by atoms with Crippen molar-refractivity contribution in [2.45, 2.75) is 57.5 Å². The van der Waals surface area contributed by atoms with E-state index in [4.69, 9.17) is 4.74 Å². The van der Waals surface area contributed by atoms with Gasteiger partial charge in [-0.25, -0.2) is 0 Å². The first-order valence-corrected chi connectivity index (χ1v) is 7.56. The van der Waals surface area contributed by atoms with Crippen LogP contribution >= 0.6 is 0 Å². The van der Waals surface area contributed by atoms with E-state index < -0.39 is 0 Å². The lowest BCUT2D eigenvalue weighted by Crippen LogP contribution is -2.13. The molecule has 2 rings (SSSR count). The maximum absolute atomic E-state index is 11.9. The van der Waals surface area contributed by atoms with E-state index in [1.54, 1.807) is 0 Å². The SMILES string of the molecule is O=C(CCCOC1CCCCCC1)c1ccccc1. The number of ether oxygens (including phenoxy) is 1. The third kappa shape index (κ3) is 5.15. The third-order valence-electron chi connectivity index (χ3n) is 3.80. The molecule has 0 spiro atoms. The molecule has 19 heavy (non-hydrogen) atoms. The van der Waals surface area contributed by atoms with Crippen LogP contribution in [0.5, 0.6) is 0 Å². The van der Waals surface area contributed by atoms with Crippen LogP contribution in [0.2, 0.25) is 0 Å². The summed E-state index contributed by atoms with van der Waals surface area (Å²) in [5.74, 6) is 0.227. The summed E-state index contributed by atoms with van der Waals surface area (Å²) in [4.78, 5) is 11.9. The third-order valence-corrected chi connectivity index (χ3v) is 3.80. The number of carbonyl (C=O) groups is 1. The molecule has 0 N–H and O–H groups in total. The second kappa shape index (κ2) is 8.11. The molecule has 0 atom stereocenters. The van der Waals surface area contributed by atoms with Crippen molar-refractivity contribution in [3.8, 4) is 0 Å². The predicted octanol–water partition coefficient (Wildman–Crippen LogP) is 4.39. The van der Waals surface area contributed by atoms with Crippen molar-refractivity contribution in [3.63, 3.8) is 0 Å². The second-order valence-electron chi connectivity index (χ2n) is 5.38. The fourth-order valence-corrected chi connectivity index (χ4v) is 2.66. The number of ketones is 1. The summed E-state index contributed by atoms with van der Waals surface area (Å²) in [7, 11) is 0.